The standard InChI is InChI=1S/C27H38B3N9O4/c1-4-15(5-2)12-31-22(40)14-39-32-13-20(38-39)17-7-6-8-18(24(17)43-3)33-19-11-21(34-25(41)16-9-10-16)36-37-23(19)26(42)35-27(28,29)30/h6-8,11,13,15-16H,4-5,9-10,12,14,28-30H2,1-3H3,(H,31,40)(H,35,42)(H2,33,34,36,41). The number of carbonyl (C=O) groups is 3. The van der Waals surface area contributed by atoms with Crippen LogP contribution in [0.2, 0.25) is 0 Å². The number of nitrogens with zero attached hydrogens (tertiary/aromatic N) is 5. The molecule has 4 N–H and O–H groups in total. The van der Waals surface area contributed by atoms with Crippen molar-refractivity contribution in [2.45, 2.75) is 51.3 Å². The van der Waals surface area contributed by atoms with E-state index in [9.17, 15) is 14.4 Å². The molecule has 13 nitrogen and oxygen atoms in total. The zero-order valence-electron chi connectivity index (χ0n) is 25.7. The lowest BCUT2D eigenvalue weighted by Gasteiger charge is -2.22. The van der Waals surface area contributed by atoms with E-state index in [1.165, 1.54) is 11.9 Å². The first-order valence-corrected chi connectivity index (χ1v) is 14.6. The van der Waals surface area contributed by atoms with Gasteiger partial charge in [0.25, 0.3) is 5.91 Å². The third-order valence-electron chi connectivity index (χ3n) is 7.03. The van der Waals surface area contributed by atoms with Crippen molar-refractivity contribution in [2.24, 2.45) is 11.8 Å². The second-order valence-corrected chi connectivity index (χ2v) is 11.7. The summed E-state index contributed by atoms with van der Waals surface area (Å²) >= 11 is 0. The Morgan fingerprint density at radius 3 is 2.51 bits per heavy atom. The molecule has 0 bridgehead atoms. The normalized spacial score (nSPS) is 12.9. The van der Waals surface area contributed by atoms with E-state index in [4.69, 9.17) is 4.74 Å². The number of benzene rings is 1. The number of hydrogen-bond donors (Lipinski definition) is 4. The molecule has 0 unspecified atom stereocenters. The largest absolute Gasteiger partial charge is 0.494 e. The number of carbonyl (C=O) groups excluding carboxylic acids is 3. The summed E-state index contributed by atoms with van der Waals surface area (Å²) in [7, 11) is 7.13. The molecule has 224 valence electrons. The Labute approximate surface area is 253 Å². The lowest BCUT2D eigenvalue weighted by Crippen LogP contribution is -2.50. The highest BCUT2D eigenvalue weighted by Gasteiger charge is 2.30. The molecule has 2 aromatic heterocycles. The van der Waals surface area contributed by atoms with Gasteiger partial charge in [-0.2, -0.15) is 15.0 Å². The molecule has 2 heterocycles. The summed E-state index contributed by atoms with van der Waals surface area (Å²) < 4.78 is 5.77. The Morgan fingerprint density at radius 2 is 1.86 bits per heavy atom. The van der Waals surface area contributed by atoms with Crippen LogP contribution in [0, 0.1) is 11.8 Å². The summed E-state index contributed by atoms with van der Waals surface area (Å²) in [6.07, 6.45) is 5.25. The van der Waals surface area contributed by atoms with Gasteiger partial charge in [0.05, 0.1) is 24.7 Å². The van der Waals surface area contributed by atoms with E-state index >= 15 is 0 Å². The first kappa shape index (κ1) is 31.6. The summed E-state index contributed by atoms with van der Waals surface area (Å²) in [5, 5.41) is 28.4. The molecule has 0 saturated heterocycles. The fraction of sp³-hybridized carbons (Fsp3) is 0.444. The first-order valence-electron chi connectivity index (χ1n) is 14.6. The Balaban J connectivity index is 1.59. The molecule has 1 aliphatic rings. The average molecular weight is 585 g/mol. The van der Waals surface area contributed by atoms with Crippen LogP contribution in [0.3, 0.4) is 0 Å². The van der Waals surface area contributed by atoms with Gasteiger partial charge in [0.15, 0.2) is 17.3 Å². The van der Waals surface area contributed by atoms with Gasteiger partial charge in [-0.15, -0.1) is 10.2 Å². The SMILES string of the molecule is BC(B)(B)NC(=O)c1nnc(NC(=O)C2CC2)cc1Nc1cccc(-c2cnn(CC(=O)NCC(CC)CC)n2)c1OC. The minimum Gasteiger partial charge on any atom is -0.494 e. The maximum absolute atomic E-state index is 13.1. The lowest BCUT2D eigenvalue weighted by atomic mass is 9.49. The third kappa shape index (κ3) is 8.58. The second kappa shape index (κ2) is 13.7. The monoisotopic (exact) mass is 585 g/mol. The van der Waals surface area contributed by atoms with Crippen LogP contribution >= 0.6 is 0 Å². The molecule has 43 heavy (non-hydrogen) atoms. The van der Waals surface area contributed by atoms with Gasteiger partial charge in [0, 0.05) is 24.1 Å². The molecule has 0 radical (unpaired) electrons. The highest BCUT2D eigenvalue weighted by Crippen LogP contribution is 2.38. The van der Waals surface area contributed by atoms with Gasteiger partial charge in [-0.05, 0) is 36.1 Å². The molecule has 0 spiro atoms. The molecule has 0 aliphatic heterocycles. The van der Waals surface area contributed by atoms with Gasteiger partial charge < -0.3 is 26.0 Å². The number of anilines is 3. The van der Waals surface area contributed by atoms with Crippen molar-refractivity contribution in [3.05, 3.63) is 36.2 Å². The van der Waals surface area contributed by atoms with Crippen molar-refractivity contribution in [3.63, 3.8) is 0 Å². The smallest absolute Gasteiger partial charge is 0.272 e. The Morgan fingerprint density at radius 1 is 1.12 bits per heavy atom. The second-order valence-electron chi connectivity index (χ2n) is 11.7. The van der Waals surface area contributed by atoms with E-state index in [-0.39, 0.29) is 35.8 Å². The van der Waals surface area contributed by atoms with E-state index in [0.717, 1.165) is 25.7 Å². The third-order valence-corrected chi connectivity index (χ3v) is 7.03. The Hall–Kier alpha value is -4.36. The number of methoxy groups -OCH3 is 1. The van der Waals surface area contributed by atoms with Crippen molar-refractivity contribution in [1.82, 2.24) is 35.8 Å². The van der Waals surface area contributed by atoms with Crippen molar-refractivity contribution in [1.29, 1.82) is 0 Å². The highest BCUT2D eigenvalue weighted by atomic mass is 16.5. The molecule has 1 aliphatic carbocycles. The quantitative estimate of drug-likeness (QED) is 0.185. The van der Waals surface area contributed by atoms with Crippen molar-refractivity contribution in [2.75, 3.05) is 24.3 Å². The van der Waals surface area contributed by atoms with Crippen molar-refractivity contribution < 1.29 is 19.1 Å². The zero-order chi connectivity index (χ0) is 31.1. The van der Waals surface area contributed by atoms with Gasteiger partial charge in [0.1, 0.15) is 35.8 Å². The van der Waals surface area contributed by atoms with E-state index in [0.29, 0.717) is 40.8 Å². The van der Waals surface area contributed by atoms with Gasteiger partial charge >= 0.3 is 0 Å². The molecular formula is C27H38B3N9O4. The average Bonchev–Trinajstić information content (AvgIpc) is 3.71. The number of rotatable bonds is 14. The molecule has 1 fully saturated rings. The number of hydrogen-bond acceptors (Lipinski definition) is 9. The number of aromatic nitrogens is 5. The van der Waals surface area contributed by atoms with Crippen LogP contribution in [0.1, 0.15) is 50.0 Å². The Bertz CT molecular complexity index is 1470. The predicted octanol–water partition coefficient (Wildman–Crippen LogP) is -0.371. The van der Waals surface area contributed by atoms with E-state index in [2.05, 4.69) is 55.5 Å². The van der Waals surface area contributed by atoms with Crippen molar-refractivity contribution >= 4 is 58.5 Å². The molecule has 1 saturated carbocycles. The van der Waals surface area contributed by atoms with E-state index in [1.807, 2.05) is 29.6 Å². The fourth-order valence-electron chi connectivity index (χ4n) is 4.41. The summed E-state index contributed by atoms with van der Waals surface area (Å²) in [6, 6.07) is 6.99. The highest BCUT2D eigenvalue weighted by molar-refractivity contribution is 6.60. The van der Waals surface area contributed by atoms with Gasteiger partial charge in [-0.3, -0.25) is 14.4 Å². The van der Waals surface area contributed by atoms with Gasteiger partial charge in [-0.1, -0.05) is 32.8 Å². The molecule has 0 atom stereocenters. The van der Waals surface area contributed by atoms with Crippen LogP contribution < -0.4 is 26.0 Å². The lowest BCUT2D eigenvalue weighted by molar-refractivity contribution is -0.122. The number of nitrogens with one attached hydrogen (secondary N) is 4. The Kier molecular flexibility index (Phi) is 10.1. The van der Waals surface area contributed by atoms with Crippen LogP contribution in [-0.4, -0.2) is 85.3 Å². The minimum absolute atomic E-state index is 0.00923. The van der Waals surface area contributed by atoms with Crippen LogP contribution in [0.25, 0.3) is 11.3 Å². The zero-order valence-corrected chi connectivity index (χ0v) is 25.7. The van der Waals surface area contributed by atoms with Crippen LogP contribution in [0.5, 0.6) is 5.75 Å². The number of amides is 3. The van der Waals surface area contributed by atoms with E-state index in [1.54, 1.807) is 24.4 Å². The summed E-state index contributed by atoms with van der Waals surface area (Å²) in [5.74, 6) is 0.366. The maximum atomic E-state index is 13.1. The minimum atomic E-state index is -0.511. The molecule has 1 aromatic carbocycles. The fourth-order valence-corrected chi connectivity index (χ4v) is 4.41. The predicted molar refractivity (Wildman–Crippen MR) is 172 cm³/mol. The molecule has 3 amide bonds. The molecular weight excluding hydrogens is 547 g/mol. The molecule has 4 rings (SSSR count). The van der Waals surface area contributed by atoms with E-state index < -0.39 is 11.1 Å². The van der Waals surface area contributed by atoms with Crippen molar-refractivity contribution in [3.8, 4) is 17.0 Å². The summed E-state index contributed by atoms with van der Waals surface area (Å²) in [4.78, 5) is 39.3. The van der Waals surface area contributed by atoms with Crippen LogP contribution in [0.4, 0.5) is 17.2 Å². The maximum Gasteiger partial charge on any atom is 0.272 e. The van der Waals surface area contributed by atoms with Gasteiger partial charge in [0.2, 0.25) is 11.8 Å². The topological polar surface area (TPSA) is 165 Å². The summed E-state index contributed by atoms with van der Waals surface area (Å²) in [6.45, 7) is 4.82. The number of para-hydroxylation sites is 1. The van der Waals surface area contributed by atoms with Gasteiger partial charge in [-0.25, -0.2) is 0 Å². The molecule has 3 aromatic rings. The van der Waals surface area contributed by atoms with Crippen LogP contribution in [0.15, 0.2) is 30.5 Å². The number of ether oxygens (including phenoxy) is 1. The molecule has 16 heteroatoms. The van der Waals surface area contributed by atoms with Crippen LogP contribution in [-0.2, 0) is 16.1 Å². The first-order chi connectivity index (χ1) is 20.5. The summed E-state index contributed by atoms with van der Waals surface area (Å²) in [5.41, 5.74) is 2.04.